The van der Waals surface area contributed by atoms with Crippen molar-refractivity contribution in [1.82, 2.24) is 14.6 Å². The maximum Gasteiger partial charge on any atom is 0.235 e. The number of thiazole rings is 1. The van der Waals surface area contributed by atoms with Gasteiger partial charge in [0.2, 0.25) is 10.8 Å². The summed E-state index contributed by atoms with van der Waals surface area (Å²) in [6, 6.07) is 8.82. The van der Waals surface area contributed by atoms with Gasteiger partial charge in [0.1, 0.15) is 31.1 Å². The zero-order valence-corrected chi connectivity index (χ0v) is 17.1. The van der Waals surface area contributed by atoms with Crippen LogP contribution in [-0.4, -0.2) is 52.4 Å². The van der Waals surface area contributed by atoms with Crippen LogP contribution in [0.25, 0.3) is 4.96 Å². The van der Waals surface area contributed by atoms with Gasteiger partial charge in [-0.1, -0.05) is 42.0 Å². The standard InChI is InChI=1S/C20H27N5OS/c1-4-16-21-20-25(22-16)19(26)18(27-20)17(15-8-6-7-14(3)13-15)24-11-9-23(5-2)10-12-24/h6-8,13,17,26H,4-5,9-12H2,1-3H3/p+2/t17-/m1/s1. The van der Waals surface area contributed by atoms with Crippen molar-refractivity contribution < 1.29 is 14.9 Å². The van der Waals surface area contributed by atoms with E-state index < -0.39 is 0 Å². The maximum absolute atomic E-state index is 11.0. The van der Waals surface area contributed by atoms with Gasteiger partial charge >= 0.3 is 0 Å². The molecule has 0 spiro atoms. The first-order valence-corrected chi connectivity index (χ1v) is 10.7. The van der Waals surface area contributed by atoms with E-state index in [-0.39, 0.29) is 11.9 Å². The zero-order valence-electron chi connectivity index (χ0n) is 16.3. The van der Waals surface area contributed by atoms with Crippen LogP contribution in [0, 0.1) is 6.92 Å². The normalized spacial score (nSPS) is 21.6. The predicted octanol–water partition coefficient (Wildman–Crippen LogP) is 0.260. The molecule has 0 radical (unpaired) electrons. The Morgan fingerprint density at radius 1 is 1.22 bits per heavy atom. The van der Waals surface area contributed by atoms with Crippen molar-refractivity contribution in [1.29, 1.82) is 0 Å². The number of quaternary nitrogens is 2. The number of rotatable bonds is 5. The topological polar surface area (TPSA) is 59.3 Å². The Kier molecular flexibility index (Phi) is 5.16. The number of hydrogen-bond donors (Lipinski definition) is 3. The number of benzene rings is 1. The van der Waals surface area contributed by atoms with E-state index in [0.717, 1.165) is 35.2 Å². The van der Waals surface area contributed by atoms with Gasteiger partial charge in [-0.15, -0.1) is 5.10 Å². The van der Waals surface area contributed by atoms with Crippen molar-refractivity contribution in [3.63, 3.8) is 0 Å². The molecule has 4 rings (SSSR count). The molecular formula is C20H29N5OS+2. The van der Waals surface area contributed by atoms with E-state index in [9.17, 15) is 5.11 Å². The summed E-state index contributed by atoms with van der Waals surface area (Å²) in [7, 11) is 0. The van der Waals surface area contributed by atoms with Crippen LogP contribution in [0.2, 0.25) is 0 Å². The number of aryl methyl sites for hydroxylation is 2. The summed E-state index contributed by atoms with van der Waals surface area (Å²) in [6.07, 6.45) is 0.775. The number of aromatic hydroxyl groups is 1. The lowest BCUT2D eigenvalue weighted by molar-refractivity contribution is -1.02. The molecule has 0 saturated carbocycles. The SMILES string of the molecule is CCc1nc2sc([C@@H](c3cccc(C)c3)[NH+]3CC[NH+](CC)CC3)c(O)n2n1. The number of hydrogen-bond acceptors (Lipinski definition) is 4. The highest BCUT2D eigenvalue weighted by Crippen LogP contribution is 2.35. The zero-order chi connectivity index (χ0) is 19.0. The molecule has 0 aliphatic carbocycles. The van der Waals surface area contributed by atoms with Crippen molar-refractivity contribution in [3.05, 3.63) is 46.1 Å². The van der Waals surface area contributed by atoms with E-state index in [0.29, 0.717) is 0 Å². The fourth-order valence-electron chi connectivity index (χ4n) is 4.12. The summed E-state index contributed by atoms with van der Waals surface area (Å²) in [4.78, 5) is 9.53. The van der Waals surface area contributed by atoms with Gasteiger partial charge in [-0.25, -0.2) is 4.98 Å². The van der Waals surface area contributed by atoms with Crippen LogP contribution in [0.3, 0.4) is 0 Å². The minimum Gasteiger partial charge on any atom is -0.492 e. The lowest BCUT2D eigenvalue weighted by atomic mass is 10.0. The van der Waals surface area contributed by atoms with Crippen molar-refractivity contribution >= 4 is 16.3 Å². The number of piperazine rings is 1. The van der Waals surface area contributed by atoms with Gasteiger partial charge in [0.05, 0.1) is 6.54 Å². The highest BCUT2D eigenvalue weighted by Gasteiger charge is 2.35. The molecule has 0 amide bonds. The fourth-order valence-corrected chi connectivity index (χ4v) is 5.28. The molecule has 2 aromatic heterocycles. The van der Waals surface area contributed by atoms with E-state index >= 15 is 0 Å². The first-order valence-electron chi connectivity index (χ1n) is 9.92. The molecule has 27 heavy (non-hydrogen) atoms. The summed E-state index contributed by atoms with van der Waals surface area (Å²) in [5.41, 5.74) is 2.52. The second-order valence-corrected chi connectivity index (χ2v) is 8.48. The highest BCUT2D eigenvalue weighted by atomic mass is 32.1. The molecule has 7 heteroatoms. The van der Waals surface area contributed by atoms with Gasteiger partial charge < -0.3 is 14.9 Å². The van der Waals surface area contributed by atoms with Crippen LogP contribution in [0.4, 0.5) is 0 Å². The smallest absolute Gasteiger partial charge is 0.235 e. The average Bonchev–Trinajstić information content (AvgIpc) is 3.22. The Labute approximate surface area is 164 Å². The third kappa shape index (κ3) is 3.47. The van der Waals surface area contributed by atoms with Crippen LogP contribution in [0.15, 0.2) is 24.3 Å². The highest BCUT2D eigenvalue weighted by molar-refractivity contribution is 7.17. The van der Waals surface area contributed by atoms with Crippen molar-refractivity contribution in [2.24, 2.45) is 0 Å². The Balaban J connectivity index is 1.76. The molecule has 3 N–H and O–H groups in total. The number of fused-ring (bicyclic) bond motifs is 1. The molecular weight excluding hydrogens is 358 g/mol. The Morgan fingerprint density at radius 2 is 2.00 bits per heavy atom. The molecule has 1 saturated heterocycles. The van der Waals surface area contributed by atoms with Crippen molar-refractivity contribution in [3.8, 4) is 5.88 Å². The lowest BCUT2D eigenvalue weighted by Gasteiger charge is -2.34. The van der Waals surface area contributed by atoms with E-state index in [1.807, 2.05) is 6.92 Å². The molecule has 3 heterocycles. The first kappa shape index (κ1) is 18.4. The molecule has 1 aliphatic heterocycles. The van der Waals surface area contributed by atoms with Crippen LogP contribution in [0.5, 0.6) is 5.88 Å². The van der Waals surface area contributed by atoms with Gasteiger partial charge in [-0.05, 0) is 19.9 Å². The molecule has 1 aliphatic rings. The van der Waals surface area contributed by atoms with Gasteiger partial charge in [-0.3, -0.25) is 0 Å². The summed E-state index contributed by atoms with van der Waals surface area (Å²) < 4.78 is 1.62. The third-order valence-electron chi connectivity index (χ3n) is 5.71. The maximum atomic E-state index is 11.0. The van der Waals surface area contributed by atoms with Crippen LogP contribution in [-0.2, 0) is 6.42 Å². The van der Waals surface area contributed by atoms with E-state index in [4.69, 9.17) is 0 Å². The minimum atomic E-state index is 0.127. The van der Waals surface area contributed by atoms with E-state index in [2.05, 4.69) is 48.2 Å². The second kappa shape index (κ2) is 7.58. The van der Waals surface area contributed by atoms with Gasteiger partial charge in [0, 0.05) is 12.0 Å². The molecule has 1 fully saturated rings. The lowest BCUT2D eigenvalue weighted by Crippen LogP contribution is -3.28. The number of nitrogens with zero attached hydrogens (tertiary/aromatic N) is 3. The van der Waals surface area contributed by atoms with Crippen molar-refractivity contribution in [2.75, 3.05) is 32.7 Å². The molecule has 1 aromatic carbocycles. The van der Waals surface area contributed by atoms with Crippen molar-refractivity contribution in [2.45, 2.75) is 33.2 Å². The Bertz CT molecular complexity index is 926. The van der Waals surface area contributed by atoms with Crippen LogP contribution in [0.1, 0.15) is 41.7 Å². The minimum absolute atomic E-state index is 0.127. The predicted molar refractivity (Wildman–Crippen MR) is 107 cm³/mol. The molecule has 0 bridgehead atoms. The number of likely N-dealkylation sites (N-methyl/N-ethyl adjacent to an activating group) is 1. The summed E-state index contributed by atoms with van der Waals surface area (Å²) in [6.45, 7) is 12.2. The second-order valence-electron chi connectivity index (χ2n) is 7.47. The average molecular weight is 388 g/mol. The van der Waals surface area contributed by atoms with Gasteiger partial charge in [0.25, 0.3) is 0 Å². The Hall–Kier alpha value is -1.96. The number of nitrogens with one attached hydrogen (secondary N) is 2. The van der Waals surface area contributed by atoms with E-state index in [1.54, 1.807) is 20.8 Å². The fraction of sp³-hybridized carbons (Fsp3) is 0.500. The molecule has 1 atom stereocenters. The monoisotopic (exact) mass is 387 g/mol. The summed E-state index contributed by atoms with van der Waals surface area (Å²) >= 11 is 1.58. The molecule has 144 valence electrons. The third-order valence-corrected chi connectivity index (χ3v) is 6.79. The van der Waals surface area contributed by atoms with Gasteiger partial charge in [-0.2, -0.15) is 4.52 Å². The number of aromatic nitrogens is 3. The van der Waals surface area contributed by atoms with Gasteiger partial charge in [0.15, 0.2) is 11.9 Å². The van der Waals surface area contributed by atoms with E-state index in [1.165, 1.54) is 35.7 Å². The Morgan fingerprint density at radius 3 is 2.63 bits per heavy atom. The summed E-state index contributed by atoms with van der Waals surface area (Å²) in [5.74, 6) is 1.04. The largest absolute Gasteiger partial charge is 0.492 e. The molecule has 3 aromatic rings. The summed E-state index contributed by atoms with van der Waals surface area (Å²) in [5, 5.41) is 15.4. The molecule has 6 nitrogen and oxygen atoms in total. The van der Waals surface area contributed by atoms with Crippen LogP contribution < -0.4 is 9.80 Å². The quantitative estimate of drug-likeness (QED) is 0.589. The first-order chi connectivity index (χ1) is 13.1. The van der Waals surface area contributed by atoms with Crippen LogP contribution >= 0.6 is 11.3 Å². The molecule has 0 unspecified atom stereocenters.